The molecular formula is C14H26N2O. The third kappa shape index (κ3) is 2.49. The Balaban J connectivity index is 1.99. The number of nitrogens with one attached hydrogen (secondary N) is 1. The van der Waals surface area contributed by atoms with E-state index in [1.54, 1.807) is 0 Å². The van der Waals surface area contributed by atoms with Crippen LogP contribution in [0.15, 0.2) is 0 Å². The molecule has 2 rings (SSSR count). The van der Waals surface area contributed by atoms with E-state index in [1.807, 2.05) is 0 Å². The van der Waals surface area contributed by atoms with E-state index in [4.69, 9.17) is 5.73 Å². The zero-order valence-electron chi connectivity index (χ0n) is 11.2. The minimum Gasteiger partial charge on any atom is -0.349 e. The van der Waals surface area contributed by atoms with Crippen LogP contribution in [0.3, 0.4) is 0 Å². The summed E-state index contributed by atoms with van der Waals surface area (Å²) in [5.74, 6) is 0.431. The molecular weight excluding hydrogens is 212 g/mol. The van der Waals surface area contributed by atoms with Gasteiger partial charge in [0.15, 0.2) is 0 Å². The molecule has 1 amide bonds. The number of nitrogens with two attached hydrogens (primary N) is 1. The topological polar surface area (TPSA) is 55.1 Å². The molecule has 3 heteroatoms. The van der Waals surface area contributed by atoms with Crippen molar-refractivity contribution < 1.29 is 4.79 Å². The Labute approximate surface area is 105 Å². The number of rotatable bonds is 3. The largest absolute Gasteiger partial charge is 0.349 e. The Bertz CT molecular complexity index is 289. The molecule has 98 valence electrons. The highest BCUT2D eigenvalue weighted by Gasteiger charge is 2.42. The minimum absolute atomic E-state index is 0.0649. The lowest BCUT2D eigenvalue weighted by Gasteiger charge is -2.45. The second-order valence-corrected chi connectivity index (χ2v) is 6.61. The Morgan fingerprint density at radius 3 is 2.41 bits per heavy atom. The summed E-state index contributed by atoms with van der Waals surface area (Å²) in [5, 5.41) is 3.24. The van der Waals surface area contributed by atoms with Gasteiger partial charge < -0.3 is 11.1 Å². The molecule has 0 aromatic carbocycles. The van der Waals surface area contributed by atoms with Crippen molar-refractivity contribution in [3.8, 4) is 0 Å². The Morgan fingerprint density at radius 2 is 1.94 bits per heavy atom. The fourth-order valence-electron chi connectivity index (χ4n) is 3.31. The Morgan fingerprint density at radius 1 is 1.24 bits per heavy atom. The van der Waals surface area contributed by atoms with Crippen LogP contribution in [0.4, 0.5) is 0 Å². The van der Waals surface area contributed by atoms with Crippen LogP contribution in [0.1, 0.15) is 58.8 Å². The lowest BCUT2D eigenvalue weighted by atomic mass is 9.67. The van der Waals surface area contributed by atoms with Crippen molar-refractivity contribution in [2.24, 2.45) is 17.1 Å². The van der Waals surface area contributed by atoms with Crippen molar-refractivity contribution in [3.63, 3.8) is 0 Å². The summed E-state index contributed by atoms with van der Waals surface area (Å²) in [7, 11) is 0. The van der Waals surface area contributed by atoms with E-state index in [0.29, 0.717) is 6.54 Å². The molecule has 0 aliphatic heterocycles. The third-order valence-electron chi connectivity index (χ3n) is 4.91. The average Bonchev–Trinajstić information content (AvgIpc) is 2.22. The highest BCUT2D eigenvalue weighted by Crippen LogP contribution is 2.41. The molecule has 1 atom stereocenters. The van der Waals surface area contributed by atoms with Gasteiger partial charge in [-0.3, -0.25) is 4.79 Å². The smallest absolute Gasteiger partial charge is 0.224 e. The molecule has 2 aliphatic carbocycles. The fourth-order valence-corrected chi connectivity index (χ4v) is 3.31. The molecule has 3 nitrogen and oxygen atoms in total. The molecule has 0 aromatic heterocycles. The fraction of sp³-hybridized carbons (Fsp3) is 0.929. The van der Waals surface area contributed by atoms with E-state index in [1.165, 1.54) is 25.7 Å². The van der Waals surface area contributed by atoms with Crippen molar-refractivity contribution in [1.82, 2.24) is 5.32 Å². The van der Waals surface area contributed by atoms with Gasteiger partial charge in [-0.25, -0.2) is 0 Å². The van der Waals surface area contributed by atoms with Crippen molar-refractivity contribution in [3.05, 3.63) is 0 Å². The van der Waals surface area contributed by atoms with Crippen LogP contribution >= 0.6 is 0 Å². The molecule has 0 aromatic rings. The zero-order chi connectivity index (χ0) is 12.5. The quantitative estimate of drug-likeness (QED) is 0.792. The lowest BCUT2D eigenvalue weighted by molar-refractivity contribution is -0.133. The maximum Gasteiger partial charge on any atom is 0.224 e. The van der Waals surface area contributed by atoms with E-state index >= 15 is 0 Å². The molecule has 0 spiro atoms. The standard InChI is InChI=1S/C14H26N2O/c1-13(2)7-4-3-6-11(13)12(17)16-14(10-15)8-5-9-14/h11H,3-10,15H2,1-2H3,(H,16,17). The minimum atomic E-state index is -0.0649. The van der Waals surface area contributed by atoms with Gasteiger partial charge >= 0.3 is 0 Å². The van der Waals surface area contributed by atoms with Gasteiger partial charge in [0.2, 0.25) is 5.91 Å². The number of hydrogen-bond acceptors (Lipinski definition) is 2. The molecule has 0 radical (unpaired) electrons. The van der Waals surface area contributed by atoms with Gasteiger partial charge in [0, 0.05) is 12.5 Å². The van der Waals surface area contributed by atoms with Gasteiger partial charge in [0.05, 0.1) is 5.54 Å². The Kier molecular flexibility index (Phi) is 3.48. The zero-order valence-corrected chi connectivity index (χ0v) is 11.2. The summed E-state index contributed by atoms with van der Waals surface area (Å²) < 4.78 is 0. The maximum atomic E-state index is 12.4. The maximum absolute atomic E-state index is 12.4. The lowest BCUT2D eigenvalue weighted by Crippen LogP contribution is -2.60. The number of hydrogen-bond donors (Lipinski definition) is 2. The molecule has 3 N–H and O–H groups in total. The van der Waals surface area contributed by atoms with Crippen LogP contribution in [0.25, 0.3) is 0 Å². The second kappa shape index (κ2) is 4.60. The van der Waals surface area contributed by atoms with E-state index in [9.17, 15) is 4.79 Å². The molecule has 17 heavy (non-hydrogen) atoms. The van der Waals surface area contributed by atoms with Crippen molar-refractivity contribution in [2.75, 3.05) is 6.54 Å². The first-order valence-corrected chi connectivity index (χ1v) is 7.01. The van der Waals surface area contributed by atoms with Gasteiger partial charge in [-0.2, -0.15) is 0 Å². The van der Waals surface area contributed by atoms with Gasteiger partial charge in [0.25, 0.3) is 0 Å². The summed E-state index contributed by atoms with van der Waals surface area (Å²) in [5.41, 5.74) is 5.89. The van der Waals surface area contributed by atoms with Crippen molar-refractivity contribution >= 4 is 5.91 Å². The summed E-state index contributed by atoms with van der Waals surface area (Å²) in [6, 6.07) is 0. The summed E-state index contributed by atoms with van der Waals surface area (Å²) in [6.45, 7) is 5.05. The van der Waals surface area contributed by atoms with Gasteiger partial charge in [-0.1, -0.05) is 26.7 Å². The van der Waals surface area contributed by atoms with E-state index in [0.717, 1.165) is 19.3 Å². The first-order chi connectivity index (χ1) is 7.99. The van der Waals surface area contributed by atoms with Gasteiger partial charge in [0.1, 0.15) is 0 Å². The van der Waals surface area contributed by atoms with Gasteiger partial charge in [-0.05, 0) is 37.5 Å². The van der Waals surface area contributed by atoms with Crippen LogP contribution in [-0.4, -0.2) is 18.0 Å². The molecule has 0 heterocycles. The van der Waals surface area contributed by atoms with Crippen LogP contribution < -0.4 is 11.1 Å². The first kappa shape index (κ1) is 12.9. The van der Waals surface area contributed by atoms with E-state index < -0.39 is 0 Å². The normalized spacial score (nSPS) is 30.4. The molecule has 0 bridgehead atoms. The second-order valence-electron chi connectivity index (χ2n) is 6.61. The first-order valence-electron chi connectivity index (χ1n) is 7.01. The third-order valence-corrected chi connectivity index (χ3v) is 4.91. The molecule has 0 saturated heterocycles. The monoisotopic (exact) mass is 238 g/mol. The number of amides is 1. The molecule has 1 unspecified atom stereocenters. The summed E-state index contributed by atoms with van der Waals surface area (Å²) >= 11 is 0. The van der Waals surface area contributed by atoms with Crippen molar-refractivity contribution in [2.45, 2.75) is 64.3 Å². The summed E-state index contributed by atoms with van der Waals surface area (Å²) in [6.07, 6.45) is 7.98. The highest BCUT2D eigenvalue weighted by atomic mass is 16.2. The summed E-state index contributed by atoms with van der Waals surface area (Å²) in [4.78, 5) is 12.4. The van der Waals surface area contributed by atoms with E-state index in [2.05, 4.69) is 19.2 Å². The molecule has 2 aliphatic rings. The van der Waals surface area contributed by atoms with Crippen LogP contribution in [0.5, 0.6) is 0 Å². The number of carbonyl (C=O) groups is 1. The van der Waals surface area contributed by atoms with Crippen LogP contribution in [-0.2, 0) is 4.79 Å². The van der Waals surface area contributed by atoms with Crippen molar-refractivity contribution in [1.29, 1.82) is 0 Å². The van der Waals surface area contributed by atoms with Gasteiger partial charge in [-0.15, -0.1) is 0 Å². The average molecular weight is 238 g/mol. The molecule has 2 fully saturated rings. The Hall–Kier alpha value is -0.570. The van der Waals surface area contributed by atoms with Crippen LogP contribution in [0, 0.1) is 11.3 Å². The predicted molar refractivity (Wildman–Crippen MR) is 69.5 cm³/mol. The van der Waals surface area contributed by atoms with E-state index in [-0.39, 0.29) is 22.8 Å². The van der Waals surface area contributed by atoms with Crippen LogP contribution in [0.2, 0.25) is 0 Å². The highest BCUT2D eigenvalue weighted by molar-refractivity contribution is 5.80. The number of carbonyl (C=O) groups excluding carboxylic acids is 1. The SMILES string of the molecule is CC1(C)CCCCC1C(=O)NC1(CN)CCC1. The predicted octanol–water partition coefficient (Wildman–Crippen LogP) is 2.20. The molecule has 2 saturated carbocycles.